The molecule has 1 heterocycles. The average molecular weight is 566 g/mol. The minimum atomic E-state index is -0.873. The van der Waals surface area contributed by atoms with Gasteiger partial charge in [0.25, 0.3) is 11.6 Å². The molecule has 0 aliphatic rings. The Balaban J connectivity index is 1.40. The first-order chi connectivity index (χ1) is 17.3. The van der Waals surface area contributed by atoms with Crippen LogP contribution in [-0.2, 0) is 0 Å². The maximum atomic E-state index is 12.8. The van der Waals surface area contributed by atoms with Crippen molar-refractivity contribution in [2.75, 3.05) is 5.32 Å². The molecule has 0 spiro atoms. The summed E-state index contributed by atoms with van der Waals surface area (Å²) in [5.74, 6) is 0.232. The van der Waals surface area contributed by atoms with E-state index < -0.39 is 16.5 Å². The summed E-state index contributed by atoms with van der Waals surface area (Å²) in [6.45, 7) is 0. The number of nitro benzene ring substituents is 1. The number of amides is 1. The van der Waals surface area contributed by atoms with E-state index in [1.54, 1.807) is 12.1 Å². The van der Waals surface area contributed by atoms with Crippen LogP contribution in [0.1, 0.15) is 10.4 Å². The Kier molecular flexibility index (Phi) is 6.17. The lowest BCUT2D eigenvalue weighted by molar-refractivity contribution is -0.384. The molecule has 36 heavy (non-hydrogen) atoms. The highest BCUT2D eigenvalue weighted by molar-refractivity contribution is 9.10. The molecule has 4 aromatic carbocycles. The number of hydrogen-bond donors (Lipinski definition) is 1. The number of carbonyl (C=O) groups is 1. The molecular weight excluding hydrogens is 552 g/mol. The number of carbonyl (C=O) groups excluding carboxylic acids is 1. The standard InChI is InChI=1S/C26H14BrClN2O6/c27-20-7-10-23(18-4-2-1-3-17(18)20)35-24-8-5-15(13-21(24)28)29-25(31)19-12-14-11-16(30(33)34)6-9-22(14)36-26(19)32/h1-13H,(H,29,31). The van der Waals surface area contributed by atoms with Gasteiger partial charge in [-0.3, -0.25) is 14.9 Å². The first-order valence-corrected chi connectivity index (χ1v) is 11.7. The minimum absolute atomic E-state index is 0.132. The van der Waals surface area contributed by atoms with Crippen molar-refractivity contribution in [1.29, 1.82) is 0 Å². The van der Waals surface area contributed by atoms with Crippen LogP contribution in [-0.4, -0.2) is 10.8 Å². The van der Waals surface area contributed by atoms with Crippen molar-refractivity contribution in [3.05, 3.63) is 114 Å². The summed E-state index contributed by atoms with van der Waals surface area (Å²) in [5, 5.41) is 16.0. The molecule has 0 saturated heterocycles. The highest BCUT2D eigenvalue weighted by Gasteiger charge is 2.17. The second-order valence-corrected chi connectivity index (χ2v) is 8.98. The maximum Gasteiger partial charge on any atom is 0.349 e. The highest BCUT2D eigenvalue weighted by Crippen LogP contribution is 2.37. The first-order valence-electron chi connectivity index (χ1n) is 10.5. The molecule has 0 atom stereocenters. The van der Waals surface area contributed by atoms with Gasteiger partial charge in [0.15, 0.2) is 0 Å². The average Bonchev–Trinajstić information content (AvgIpc) is 2.86. The number of nitrogens with one attached hydrogen (secondary N) is 1. The Morgan fingerprint density at radius 3 is 2.47 bits per heavy atom. The number of anilines is 1. The lowest BCUT2D eigenvalue weighted by Gasteiger charge is -2.12. The summed E-state index contributed by atoms with van der Waals surface area (Å²) in [6, 6.07) is 21.1. The van der Waals surface area contributed by atoms with Crippen molar-refractivity contribution in [2.24, 2.45) is 0 Å². The van der Waals surface area contributed by atoms with E-state index in [1.165, 1.54) is 30.3 Å². The van der Waals surface area contributed by atoms with Gasteiger partial charge in [-0.1, -0.05) is 51.8 Å². The van der Waals surface area contributed by atoms with E-state index in [4.69, 9.17) is 20.8 Å². The molecule has 0 aliphatic heterocycles. The molecule has 0 aliphatic carbocycles. The molecule has 8 nitrogen and oxygen atoms in total. The number of nitro groups is 1. The number of ether oxygens (including phenoxy) is 1. The molecule has 1 N–H and O–H groups in total. The van der Waals surface area contributed by atoms with Crippen molar-refractivity contribution in [3.8, 4) is 11.5 Å². The van der Waals surface area contributed by atoms with E-state index in [9.17, 15) is 19.7 Å². The fourth-order valence-corrected chi connectivity index (χ4v) is 4.38. The zero-order valence-corrected chi connectivity index (χ0v) is 20.5. The summed E-state index contributed by atoms with van der Waals surface area (Å²) in [6.07, 6.45) is 0. The van der Waals surface area contributed by atoms with E-state index in [1.807, 2.05) is 36.4 Å². The van der Waals surface area contributed by atoms with Gasteiger partial charge in [-0.05, 0) is 47.9 Å². The third-order valence-electron chi connectivity index (χ3n) is 5.41. The van der Waals surface area contributed by atoms with Gasteiger partial charge in [0, 0.05) is 33.1 Å². The van der Waals surface area contributed by atoms with Gasteiger partial charge in [-0.2, -0.15) is 0 Å². The number of halogens is 2. The number of fused-ring (bicyclic) bond motifs is 2. The largest absolute Gasteiger partial charge is 0.455 e. The third-order valence-corrected chi connectivity index (χ3v) is 6.40. The maximum absolute atomic E-state index is 12.8. The van der Waals surface area contributed by atoms with Crippen molar-refractivity contribution >= 4 is 66.6 Å². The van der Waals surface area contributed by atoms with Crippen LogP contribution in [0, 0.1) is 10.1 Å². The van der Waals surface area contributed by atoms with E-state index in [0.29, 0.717) is 17.2 Å². The summed E-state index contributed by atoms with van der Waals surface area (Å²) in [7, 11) is 0. The van der Waals surface area contributed by atoms with Crippen LogP contribution in [0.5, 0.6) is 11.5 Å². The van der Waals surface area contributed by atoms with Crippen molar-refractivity contribution in [3.63, 3.8) is 0 Å². The van der Waals surface area contributed by atoms with Gasteiger partial charge in [-0.25, -0.2) is 4.79 Å². The first kappa shape index (κ1) is 23.5. The lowest BCUT2D eigenvalue weighted by atomic mass is 10.1. The van der Waals surface area contributed by atoms with Crippen LogP contribution in [0.3, 0.4) is 0 Å². The van der Waals surface area contributed by atoms with Crippen LogP contribution in [0.2, 0.25) is 5.02 Å². The fraction of sp³-hybridized carbons (Fsp3) is 0. The van der Waals surface area contributed by atoms with Crippen LogP contribution in [0.4, 0.5) is 11.4 Å². The molecule has 0 saturated carbocycles. The number of rotatable bonds is 5. The van der Waals surface area contributed by atoms with Crippen LogP contribution in [0.25, 0.3) is 21.7 Å². The number of benzene rings is 4. The Labute approximate surface area is 216 Å². The number of hydrogen-bond acceptors (Lipinski definition) is 6. The van der Waals surface area contributed by atoms with Crippen LogP contribution >= 0.6 is 27.5 Å². The molecule has 0 radical (unpaired) electrons. The van der Waals surface area contributed by atoms with Gasteiger partial charge < -0.3 is 14.5 Å². The van der Waals surface area contributed by atoms with Crippen molar-refractivity contribution < 1.29 is 18.9 Å². The van der Waals surface area contributed by atoms with Gasteiger partial charge in [0.2, 0.25) is 0 Å². The zero-order chi connectivity index (χ0) is 25.4. The molecule has 1 amide bonds. The van der Waals surface area contributed by atoms with E-state index in [2.05, 4.69) is 21.2 Å². The number of nitrogens with zero attached hydrogens (tertiary/aromatic N) is 1. The molecule has 0 bridgehead atoms. The molecule has 5 rings (SSSR count). The molecule has 5 aromatic rings. The Hall–Kier alpha value is -4.21. The monoisotopic (exact) mass is 564 g/mol. The molecule has 1 aromatic heterocycles. The predicted molar refractivity (Wildman–Crippen MR) is 140 cm³/mol. The summed E-state index contributed by atoms with van der Waals surface area (Å²) >= 11 is 9.95. The van der Waals surface area contributed by atoms with Gasteiger partial charge >= 0.3 is 5.63 Å². The minimum Gasteiger partial charge on any atom is -0.455 e. The second kappa shape index (κ2) is 9.44. The van der Waals surface area contributed by atoms with Crippen molar-refractivity contribution in [2.45, 2.75) is 0 Å². The van der Waals surface area contributed by atoms with E-state index in [0.717, 1.165) is 15.2 Å². The Morgan fingerprint density at radius 1 is 0.972 bits per heavy atom. The molecule has 10 heteroatoms. The topological polar surface area (TPSA) is 112 Å². The Morgan fingerprint density at radius 2 is 1.72 bits per heavy atom. The molecule has 0 unspecified atom stereocenters. The quantitative estimate of drug-likeness (QED) is 0.136. The predicted octanol–water partition coefficient (Wildman–Crippen LogP) is 7.31. The fourth-order valence-electron chi connectivity index (χ4n) is 3.68. The highest BCUT2D eigenvalue weighted by atomic mass is 79.9. The van der Waals surface area contributed by atoms with Crippen LogP contribution in [0.15, 0.2) is 92.5 Å². The van der Waals surface area contributed by atoms with Crippen molar-refractivity contribution in [1.82, 2.24) is 0 Å². The zero-order valence-electron chi connectivity index (χ0n) is 18.2. The van der Waals surface area contributed by atoms with Gasteiger partial charge in [0.05, 0.1) is 9.95 Å². The molecule has 0 fully saturated rings. The van der Waals surface area contributed by atoms with E-state index in [-0.39, 0.29) is 27.2 Å². The SMILES string of the molecule is O=C(Nc1ccc(Oc2ccc(Br)c3ccccc23)c(Cl)c1)c1cc2cc([N+](=O)[O-])ccc2oc1=O. The lowest BCUT2D eigenvalue weighted by Crippen LogP contribution is -2.20. The Bertz CT molecular complexity index is 1750. The summed E-state index contributed by atoms with van der Waals surface area (Å²) in [4.78, 5) is 35.6. The van der Waals surface area contributed by atoms with E-state index >= 15 is 0 Å². The second-order valence-electron chi connectivity index (χ2n) is 7.72. The van der Waals surface area contributed by atoms with Gasteiger partial charge in [0.1, 0.15) is 22.6 Å². The molecular formula is C26H14BrClN2O6. The number of non-ortho nitro benzene ring substituents is 1. The van der Waals surface area contributed by atoms with Crippen LogP contribution < -0.4 is 15.7 Å². The third kappa shape index (κ3) is 4.53. The summed E-state index contributed by atoms with van der Waals surface area (Å²) < 4.78 is 12.1. The normalized spacial score (nSPS) is 10.9. The summed E-state index contributed by atoms with van der Waals surface area (Å²) in [5.41, 5.74) is -0.921. The smallest absolute Gasteiger partial charge is 0.349 e. The van der Waals surface area contributed by atoms with Gasteiger partial charge in [-0.15, -0.1) is 0 Å². The molecule has 178 valence electrons.